The fourth-order valence-electron chi connectivity index (χ4n) is 1.74. The van der Waals surface area contributed by atoms with Gasteiger partial charge in [0.25, 0.3) is 0 Å². The van der Waals surface area contributed by atoms with Crippen LogP contribution in [0.25, 0.3) is 0 Å². The lowest BCUT2D eigenvalue weighted by molar-refractivity contribution is -0.138. The molecule has 0 aliphatic carbocycles. The number of hydrogen-bond donors (Lipinski definition) is 4. The highest BCUT2D eigenvalue weighted by molar-refractivity contribution is 5.68. The number of nitrogens with one attached hydrogen (secondary N) is 1. The first-order valence-corrected chi connectivity index (χ1v) is 6.00. The molecule has 0 saturated carbocycles. The topological polar surface area (TPSA) is 107 Å². The predicted octanol–water partition coefficient (Wildman–Crippen LogP) is 0.767. The van der Waals surface area contributed by atoms with Gasteiger partial charge in [-0.25, -0.2) is 4.39 Å². The van der Waals surface area contributed by atoms with Crippen LogP contribution in [0.15, 0.2) is 24.3 Å². The fraction of sp³-hybridized carbons (Fsp3) is 0.385. The van der Waals surface area contributed by atoms with Gasteiger partial charge in [-0.1, -0.05) is 12.1 Å². The minimum atomic E-state index is -1.17. The standard InChI is InChI=1S/C13H16FNO5/c14-9-3-1-8(2-4-9)13(20)10(7-12(18)19)15-6-5-11(16)17/h1-4,10,13,15,20H,5-7H2,(H,16,17)(H,18,19). The first-order valence-electron chi connectivity index (χ1n) is 6.00. The Bertz CT molecular complexity index is 462. The van der Waals surface area contributed by atoms with Gasteiger partial charge in [0.15, 0.2) is 0 Å². The van der Waals surface area contributed by atoms with Crippen LogP contribution in [0.3, 0.4) is 0 Å². The van der Waals surface area contributed by atoms with Crippen molar-refractivity contribution < 1.29 is 29.3 Å². The van der Waals surface area contributed by atoms with E-state index in [4.69, 9.17) is 10.2 Å². The number of benzene rings is 1. The van der Waals surface area contributed by atoms with Gasteiger partial charge in [-0.05, 0) is 17.7 Å². The fourth-order valence-corrected chi connectivity index (χ4v) is 1.74. The van der Waals surface area contributed by atoms with Gasteiger partial charge >= 0.3 is 11.9 Å². The van der Waals surface area contributed by atoms with Gasteiger partial charge in [0.1, 0.15) is 5.82 Å². The molecule has 0 saturated heterocycles. The number of rotatable bonds is 8. The van der Waals surface area contributed by atoms with Crippen molar-refractivity contribution >= 4 is 11.9 Å². The summed E-state index contributed by atoms with van der Waals surface area (Å²) < 4.78 is 12.8. The van der Waals surface area contributed by atoms with E-state index in [9.17, 15) is 19.1 Å². The second-order valence-corrected chi connectivity index (χ2v) is 4.30. The first kappa shape index (κ1) is 16.1. The van der Waals surface area contributed by atoms with E-state index in [2.05, 4.69) is 5.32 Å². The maximum Gasteiger partial charge on any atom is 0.305 e. The van der Waals surface area contributed by atoms with Gasteiger partial charge < -0.3 is 20.6 Å². The van der Waals surface area contributed by atoms with Crippen molar-refractivity contribution in [1.29, 1.82) is 0 Å². The lowest BCUT2D eigenvalue weighted by Crippen LogP contribution is -2.38. The molecule has 0 radical (unpaired) electrons. The largest absolute Gasteiger partial charge is 0.481 e. The molecular formula is C13H16FNO5. The molecule has 1 rings (SSSR count). The number of halogens is 1. The lowest BCUT2D eigenvalue weighted by atomic mass is 9.99. The minimum Gasteiger partial charge on any atom is -0.481 e. The average molecular weight is 285 g/mol. The lowest BCUT2D eigenvalue weighted by Gasteiger charge is -2.23. The summed E-state index contributed by atoms with van der Waals surface area (Å²) in [4.78, 5) is 21.2. The summed E-state index contributed by atoms with van der Waals surface area (Å²) in [6, 6.07) is 4.18. The molecule has 1 aromatic rings. The first-order chi connectivity index (χ1) is 9.40. The quantitative estimate of drug-likeness (QED) is 0.562. The van der Waals surface area contributed by atoms with E-state index >= 15 is 0 Å². The summed E-state index contributed by atoms with van der Waals surface area (Å²) >= 11 is 0. The molecule has 4 N–H and O–H groups in total. The number of aliphatic carboxylic acids is 2. The van der Waals surface area contributed by atoms with E-state index in [-0.39, 0.29) is 19.4 Å². The van der Waals surface area contributed by atoms with Crippen molar-refractivity contribution in [2.45, 2.75) is 25.0 Å². The molecule has 6 nitrogen and oxygen atoms in total. The molecule has 7 heteroatoms. The van der Waals surface area contributed by atoms with E-state index in [1.54, 1.807) is 0 Å². The van der Waals surface area contributed by atoms with Crippen LogP contribution >= 0.6 is 0 Å². The molecule has 0 aliphatic heterocycles. The van der Waals surface area contributed by atoms with Crippen LogP contribution < -0.4 is 5.32 Å². The van der Waals surface area contributed by atoms with E-state index < -0.39 is 29.9 Å². The third kappa shape index (κ3) is 5.33. The van der Waals surface area contributed by atoms with Crippen molar-refractivity contribution in [3.05, 3.63) is 35.6 Å². The Morgan fingerprint density at radius 1 is 1.15 bits per heavy atom. The molecule has 0 heterocycles. The molecule has 0 spiro atoms. The Labute approximate surface area is 114 Å². The van der Waals surface area contributed by atoms with Crippen molar-refractivity contribution in [3.8, 4) is 0 Å². The summed E-state index contributed by atoms with van der Waals surface area (Å²) in [6.07, 6.45) is -1.73. The van der Waals surface area contributed by atoms with Crippen molar-refractivity contribution in [1.82, 2.24) is 5.32 Å². The smallest absolute Gasteiger partial charge is 0.305 e. The number of aliphatic hydroxyl groups excluding tert-OH is 1. The van der Waals surface area contributed by atoms with E-state index in [1.165, 1.54) is 12.1 Å². The van der Waals surface area contributed by atoms with Crippen LogP contribution in [0.1, 0.15) is 24.5 Å². The molecule has 0 amide bonds. The van der Waals surface area contributed by atoms with Gasteiger partial charge in [-0.3, -0.25) is 9.59 Å². The van der Waals surface area contributed by atoms with Crippen LogP contribution in [-0.2, 0) is 9.59 Å². The molecule has 0 bridgehead atoms. The Balaban J connectivity index is 2.72. The van der Waals surface area contributed by atoms with Crippen LogP contribution in [0.4, 0.5) is 4.39 Å². The summed E-state index contributed by atoms with van der Waals surface area (Å²) in [5.41, 5.74) is 0.362. The molecule has 1 aromatic carbocycles. The van der Waals surface area contributed by atoms with Gasteiger partial charge in [0.2, 0.25) is 0 Å². The molecular weight excluding hydrogens is 269 g/mol. The zero-order valence-corrected chi connectivity index (χ0v) is 10.6. The second kappa shape index (κ2) is 7.56. The Morgan fingerprint density at radius 3 is 2.25 bits per heavy atom. The highest BCUT2D eigenvalue weighted by Crippen LogP contribution is 2.19. The van der Waals surface area contributed by atoms with Crippen LogP contribution in [-0.4, -0.2) is 39.8 Å². The Kier molecular flexibility index (Phi) is 6.08. The zero-order chi connectivity index (χ0) is 15.1. The summed E-state index contributed by atoms with van der Waals surface area (Å²) in [7, 11) is 0. The number of carboxylic acid groups (broad SMARTS) is 2. The van der Waals surface area contributed by atoms with E-state index in [0.29, 0.717) is 5.56 Å². The van der Waals surface area contributed by atoms with Gasteiger partial charge in [-0.2, -0.15) is 0 Å². The molecule has 2 unspecified atom stereocenters. The molecule has 110 valence electrons. The summed E-state index contributed by atoms with van der Waals surface area (Å²) in [6.45, 7) is 0.0333. The van der Waals surface area contributed by atoms with Gasteiger partial charge in [0, 0.05) is 12.6 Å². The number of hydrogen-bond acceptors (Lipinski definition) is 4. The summed E-state index contributed by atoms with van der Waals surface area (Å²) in [5.74, 6) is -2.61. The highest BCUT2D eigenvalue weighted by atomic mass is 19.1. The summed E-state index contributed by atoms with van der Waals surface area (Å²) in [5, 5.41) is 30.1. The highest BCUT2D eigenvalue weighted by Gasteiger charge is 2.23. The Morgan fingerprint density at radius 2 is 1.75 bits per heavy atom. The molecule has 0 aromatic heterocycles. The predicted molar refractivity (Wildman–Crippen MR) is 67.7 cm³/mol. The third-order valence-electron chi connectivity index (χ3n) is 2.73. The number of aliphatic hydroxyl groups is 1. The van der Waals surface area contributed by atoms with Gasteiger partial charge in [-0.15, -0.1) is 0 Å². The normalized spacial score (nSPS) is 13.7. The maximum absolute atomic E-state index is 12.8. The number of carboxylic acids is 2. The third-order valence-corrected chi connectivity index (χ3v) is 2.73. The molecule has 20 heavy (non-hydrogen) atoms. The molecule has 0 fully saturated rings. The van der Waals surface area contributed by atoms with E-state index in [0.717, 1.165) is 12.1 Å². The van der Waals surface area contributed by atoms with Crippen LogP contribution in [0.2, 0.25) is 0 Å². The van der Waals surface area contributed by atoms with Crippen molar-refractivity contribution in [3.63, 3.8) is 0 Å². The van der Waals surface area contributed by atoms with Crippen molar-refractivity contribution in [2.75, 3.05) is 6.54 Å². The van der Waals surface area contributed by atoms with Crippen LogP contribution in [0.5, 0.6) is 0 Å². The second-order valence-electron chi connectivity index (χ2n) is 4.30. The molecule has 2 atom stereocenters. The maximum atomic E-state index is 12.8. The minimum absolute atomic E-state index is 0.0333. The van der Waals surface area contributed by atoms with Gasteiger partial charge in [0.05, 0.1) is 18.9 Å². The van der Waals surface area contributed by atoms with Crippen LogP contribution in [0, 0.1) is 5.82 Å². The van der Waals surface area contributed by atoms with E-state index in [1.807, 2.05) is 0 Å². The monoisotopic (exact) mass is 285 g/mol. The molecule has 0 aliphatic rings. The SMILES string of the molecule is O=C(O)CCNC(CC(=O)O)C(O)c1ccc(F)cc1. The van der Waals surface area contributed by atoms with Crippen molar-refractivity contribution in [2.24, 2.45) is 0 Å². The zero-order valence-electron chi connectivity index (χ0n) is 10.6. The Hall–Kier alpha value is -1.99. The average Bonchev–Trinajstić information content (AvgIpc) is 2.37. The number of carbonyl (C=O) groups is 2.